The average molecular weight is 254 g/mol. The van der Waals surface area contributed by atoms with Gasteiger partial charge < -0.3 is 20.1 Å². The molecule has 2 bridgehead atoms. The number of fused-ring (bicyclic) bond motifs is 2. The van der Waals surface area contributed by atoms with Crippen LogP contribution in [0.2, 0.25) is 0 Å². The number of morpholine rings is 1. The predicted octanol–water partition coefficient (Wildman–Crippen LogP) is 0.588. The smallest absolute Gasteiger partial charge is 0.326 e. The zero-order chi connectivity index (χ0) is 13.1. The Bertz CT molecular complexity index is 346. The Hall–Kier alpha value is -1.56. The van der Waals surface area contributed by atoms with E-state index in [2.05, 4.69) is 11.9 Å². The van der Waals surface area contributed by atoms with Gasteiger partial charge in [0.15, 0.2) is 0 Å². The lowest BCUT2D eigenvalue weighted by Crippen LogP contribution is -2.53. The molecule has 0 aromatic heterocycles. The van der Waals surface area contributed by atoms with Crippen LogP contribution >= 0.6 is 0 Å². The zero-order valence-corrected chi connectivity index (χ0v) is 10.2. The molecule has 0 aromatic rings. The first-order chi connectivity index (χ1) is 8.60. The number of aliphatic carboxylic acids is 1. The molecule has 6 heteroatoms. The number of nitrogens with one attached hydrogen (secondary N) is 1. The molecule has 0 saturated carbocycles. The number of ether oxygens (including phenoxy) is 1. The maximum Gasteiger partial charge on any atom is 0.326 e. The van der Waals surface area contributed by atoms with E-state index < -0.39 is 12.0 Å². The predicted molar refractivity (Wildman–Crippen MR) is 64.2 cm³/mol. The van der Waals surface area contributed by atoms with Gasteiger partial charge in [0.1, 0.15) is 6.04 Å². The van der Waals surface area contributed by atoms with Crippen molar-refractivity contribution in [2.45, 2.75) is 37.5 Å². The van der Waals surface area contributed by atoms with Crippen LogP contribution in [0, 0.1) is 0 Å². The van der Waals surface area contributed by atoms with Crippen molar-refractivity contribution in [2.24, 2.45) is 0 Å². The summed E-state index contributed by atoms with van der Waals surface area (Å²) in [7, 11) is 0. The van der Waals surface area contributed by atoms with Crippen LogP contribution < -0.4 is 5.32 Å². The Labute approximate surface area is 106 Å². The summed E-state index contributed by atoms with van der Waals surface area (Å²) in [6.07, 6.45) is 3.88. The number of likely N-dealkylation sites (tertiary alicyclic amines) is 1. The van der Waals surface area contributed by atoms with Gasteiger partial charge in [0.05, 0.1) is 12.2 Å². The van der Waals surface area contributed by atoms with Crippen LogP contribution in [-0.4, -0.2) is 53.3 Å². The number of carbonyl (C=O) groups excluding carboxylic acids is 1. The first-order valence-corrected chi connectivity index (χ1v) is 6.14. The van der Waals surface area contributed by atoms with Crippen LogP contribution in [0.15, 0.2) is 12.7 Å². The molecule has 18 heavy (non-hydrogen) atoms. The first kappa shape index (κ1) is 12.9. The van der Waals surface area contributed by atoms with Gasteiger partial charge in [-0.2, -0.15) is 0 Å². The maximum atomic E-state index is 12.0. The van der Waals surface area contributed by atoms with Crippen molar-refractivity contribution in [1.82, 2.24) is 10.2 Å². The summed E-state index contributed by atoms with van der Waals surface area (Å²) in [5.74, 6) is -1.04. The summed E-state index contributed by atoms with van der Waals surface area (Å²) in [5.41, 5.74) is 0. The topological polar surface area (TPSA) is 78.9 Å². The van der Waals surface area contributed by atoms with Crippen molar-refractivity contribution in [3.63, 3.8) is 0 Å². The Morgan fingerprint density at radius 1 is 1.44 bits per heavy atom. The minimum atomic E-state index is -1.04. The molecule has 2 aliphatic heterocycles. The van der Waals surface area contributed by atoms with E-state index in [4.69, 9.17) is 9.84 Å². The van der Waals surface area contributed by atoms with E-state index in [-0.39, 0.29) is 24.7 Å². The highest BCUT2D eigenvalue weighted by Gasteiger charge is 2.36. The van der Waals surface area contributed by atoms with Crippen LogP contribution in [0.1, 0.15) is 19.3 Å². The standard InChI is InChI=1S/C12H18N2O4/c1-2-3-10(11(15)16)13-12(17)14-6-8-4-5-9(7-14)18-8/h2,8-10H,1,3-7H2,(H,13,17)(H,15,16). The van der Waals surface area contributed by atoms with E-state index in [0.29, 0.717) is 13.1 Å². The fraction of sp³-hybridized carbons (Fsp3) is 0.667. The second-order valence-corrected chi connectivity index (χ2v) is 4.73. The number of carbonyl (C=O) groups is 2. The SMILES string of the molecule is C=CCC(NC(=O)N1CC2CCC(C1)O2)C(=O)O. The highest BCUT2D eigenvalue weighted by molar-refractivity contribution is 5.82. The fourth-order valence-corrected chi connectivity index (χ4v) is 2.41. The van der Waals surface area contributed by atoms with E-state index in [9.17, 15) is 9.59 Å². The van der Waals surface area contributed by atoms with Crippen molar-refractivity contribution in [1.29, 1.82) is 0 Å². The molecule has 2 aliphatic rings. The lowest BCUT2D eigenvalue weighted by molar-refractivity contribution is -0.139. The Morgan fingerprint density at radius 3 is 2.56 bits per heavy atom. The van der Waals surface area contributed by atoms with Gasteiger partial charge >= 0.3 is 12.0 Å². The molecule has 100 valence electrons. The Morgan fingerprint density at radius 2 is 2.06 bits per heavy atom. The van der Waals surface area contributed by atoms with Gasteiger partial charge in [-0.15, -0.1) is 6.58 Å². The third kappa shape index (κ3) is 2.81. The van der Waals surface area contributed by atoms with Crippen LogP contribution in [0.4, 0.5) is 4.79 Å². The van der Waals surface area contributed by atoms with Gasteiger partial charge in [0, 0.05) is 13.1 Å². The highest BCUT2D eigenvalue weighted by atomic mass is 16.5. The number of hydrogen-bond acceptors (Lipinski definition) is 3. The van der Waals surface area contributed by atoms with E-state index in [0.717, 1.165) is 12.8 Å². The Balaban J connectivity index is 1.90. The third-order valence-electron chi connectivity index (χ3n) is 3.33. The minimum absolute atomic E-state index is 0.109. The van der Waals surface area contributed by atoms with Crippen molar-refractivity contribution >= 4 is 12.0 Å². The van der Waals surface area contributed by atoms with Gasteiger partial charge in [-0.1, -0.05) is 6.08 Å². The number of hydrogen-bond donors (Lipinski definition) is 2. The second-order valence-electron chi connectivity index (χ2n) is 4.73. The summed E-state index contributed by atoms with van der Waals surface area (Å²) in [6.45, 7) is 4.58. The molecule has 2 saturated heterocycles. The van der Waals surface area contributed by atoms with Crippen LogP contribution in [0.3, 0.4) is 0 Å². The van der Waals surface area contributed by atoms with E-state index in [1.165, 1.54) is 6.08 Å². The largest absolute Gasteiger partial charge is 0.480 e. The number of amides is 2. The van der Waals surface area contributed by atoms with E-state index in [1.807, 2.05) is 0 Å². The molecule has 2 rings (SSSR count). The van der Waals surface area contributed by atoms with Gasteiger partial charge in [0.25, 0.3) is 0 Å². The van der Waals surface area contributed by atoms with Crippen molar-refractivity contribution in [3.05, 3.63) is 12.7 Å². The van der Waals surface area contributed by atoms with Gasteiger partial charge in [-0.3, -0.25) is 0 Å². The number of carboxylic acid groups (broad SMARTS) is 1. The summed E-state index contributed by atoms with van der Waals surface area (Å²) >= 11 is 0. The summed E-state index contributed by atoms with van der Waals surface area (Å²) in [6, 6.07) is -1.24. The van der Waals surface area contributed by atoms with E-state index in [1.54, 1.807) is 4.90 Å². The third-order valence-corrected chi connectivity index (χ3v) is 3.33. The lowest BCUT2D eigenvalue weighted by Gasteiger charge is -2.32. The van der Waals surface area contributed by atoms with Crippen LogP contribution in [-0.2, 0) is 9.53 Å². The van der Waals surface area contributed by atoms with Crippen molar-refractivity contribution in [3.8, 4) is 0 Å². The van der Waals surface area contributed by atoms with Gasteiger partial charge in [0.2, 0.25) is 0 Å². The fourth-order valence-electron chi connectivity index (χ4n) is 2.41. The molecule has 0 spiro atoms. The molecule has 2 heterocycles. The van der Waals surface area contributed by atoms with Crippen molar-refractivity contribution < 1.29 is 19.4 Å². The number of nitrogens with zero attached hydrogens (tertiary/aromatic N) is 1. The van der Waals surface area contributed by atoms with E-state index >= 15 is 0 Å². The summed E-state index contributed by atoms with van der Waals surface area (Å²) in [4.78, 5) is 24.6. The highest BCUT2D eigenvalue weighted by Crippen LogP contribution is 2.26. The zero-order valence-electron chi connectivity index (χ0n) is 10.2. The molecule has 6 nitrogen and oxygen atoms in total. The summed E-state index contributed by atoms with van der Waals surface area (Å²) < 4.78 is 5.62. The first-order valence-electron chi connectivity index (χ1n) is 6.14. The number of carboxylic acids is 1. The molecule has 3 atom stereocenters. The molecule has 2 amide bonds. The normalized spacial score (nSPS) is 27.7. The van der Waals surface area contributed by atoms with Crippen LogP contribution in [0.25, 0.3) is 0 Å². The molecule has 0 aliphatic carbocycles. The molecule has 2 N–H and O–H groups in total. The van der Waals surface area contributed by atoms with Gasteiger partial charge in [-0.05, 0) is 19.3 Å². The minimum Gasteiger partial charge on any atom is -0.480 e. The monoisotopic (exact) mass is 254 g/mol. The Kier molecular flexibility index (Phi) is 3.86. The summed E-state index contributed by atoms with van der Waals surface area (Å²) in [5, 5.41) is 11.5. The quantitative estimate of drug-likeness (QED) is 0.720. The van der Waals surface area contributed by atoms with Crippen LogP contribution in [0.5, 0.6) is 0 Å². The molecule has 0 aromatic carbocycles. The maximum absolute atomic E-state index is 12.0. The second kappa shape index (κ2) is 5.39. The van der Waals surface area contributed by atoms with Crippen molar-refractivity contribution in [2.75, 3.05) is 13.1 Å². The average Bonchev–Trinajstić information content (AvgIpc) is 2.67. The van der Waals surface area contributed by atoms with Gasteiger partial charge in [-0.25, -0.2) is 9.59 Å². The molecule has 2 fully saturated rings. The molecule has 0 radical (unpaired) electrons. The number of rotatable bonds is 4. The molecule has 3 unspecified atom stereocenters. The number of urea groups is 1. The molecular formula is C12H18N2O4. The lowest BCUT2D eigenvalue weighted by atomic mass is 10.2. The molecular weight excluding hydrogens is 236 g/mol.